The third-order valence-electron chi connectivity index (χ3n) is 9.37. The van der Waals surface area contributed by atoms with Crippen LogP contribution >= 0.6 is 0 Å². The van der Waals surface area contributed by atoms with Crippen molar-refractivity contribution in [2.24, 2.45) is 4.99 Å². The Balaban J connectivity index is 1.33. The zero-order valence-corrected chi connectivity index (χ0v) is 30.5. The van der Waals surface area contributed by atoms with Gasteiger partial charge in [-0.1, -0.05) is 152 Å². The topological polar surface area (TPSA) is 102 Å². The highest BCUT2D eigenvalue weighted by Gasteiger charge is 2.47. The summed E-state index contributed by atoms with van der Waals surface area (Å²) in [5, 5.41) is 13.5. The third kappa shape index (κ3) is 11.8. The molecule has 1 heterocycles. The monoisotopic (exact) mass is 727 g/mol. The van der Waals surface area contributed by atoms with E-state index in [1.807, 2.05) is 144 Å². The fourth-order valence-electron chi connectivity index (χ4n) is 6.64. The number of piperidine rings is 1. The average Bonchev–Trinajstić information content (AvgIpc) is 3.22. The second-order valence-electron chi connectivity index (χ2n) is 13.3. The summed E-state index contributed by atoms with van der Waals surface area (Å²) < 4.78 is 26.9. The highest BCUT2D eigenvalue weighted by atomic mass is 16.6. The van der Waals surface area contributed by atoms with Gasteiger partial charge in [0.25, 0.3) is 0 Å². The number of hydrogen-bond acceptors (Lipinski definition) is 5. The molecule has 4 atom stereocenters. The number of hydrogen-bond donors (Lipinski definition) is 2. The molecule has 280 valence electrons. The van der Waals surface area contributed by atoms with Crippen LogP contribution in [0.25, 0.3) is 0 Å². The number of nitrogens with one attached hydrogen (secondary N) is 1. The number of aliphatic imine (C=N–C) groups is 1. The molecule has 6 rings (SSSR count). The molecule has 0 saturated carbocycles. The lowest BCUT2D eigenvalue weighted by atomic mass is 9.93. The second-order valence-corrected chi connectivity index (χ2v) is 13.3. The average molecular weight is 728 g/mol. The van der Waals surface area contributed by atoms with E-state index in [-0.39, 0.29) is 19.1 Å². The van der Waals surface area contributed by atoms with Crippen molar-refractivity contribution < 1.29 is 28.8 Å². The first-order valence-corrected chi connectivity index (χ1v) is 18.6. The van der Waals surface area contributed by atoms with Crippen molar-refractivity contribution in [3.8, 4) is 0 Å². The molecule has 0 radical (unpaired) electrons. The van der Waals surface area contributed by atoms with Crippen molar-refractivity contribution in [2.75, 3.05) is 19.7 Å². The summed E-state index contributed by atoms with van der Waals surface area (Å²) in [7, 11) is 0. The molecular formula is C45H49N3O6. The molecule has 9 heteroatoms. The van der Waals surface area contributed by atoms with Crippen molar-refractivity contribution in [3.05, 3.63) is 179 Å². The lowest BCUT2D eigenvalue weighted by Crippen LogP contribution is -2.67. The van der Waals surface area contributed by atoms with E-state index in [4.69, 9.17) is 18.9 Å². The number of ether oxygens (including phenoxy) is 4. The van der Waals surface area contributed by atoms with Gasteiger partial charge in [-0.2, -0.15) is 0 Å². The van der Waals surface area contributed by atoms with Gasteiger partial charge in [0.15, 0.2) is 0 Å². The van der Waals surface area contributed by atoms with Crippen LogP contribution in [0.2, 0.25) is 0 Å². The van der Waals surface area contributed by atoms with Gasteiger partial charge in [0, 0.05) is 6.54 Å². The van der Waals surface area contributed by atoms with Gasteiger partial charge in [-0.3, -0.25) is 0 Å². The van der Waals surface area contributed by atoms with E-state index < -0.39 is 30.4 Å². The summed E-state index contributed by atoms with van der Waals surface area (Å²) in [6, 6.07) is 49.7. The summed E-state index contributed by atoms with van der Waals surface area (Å²) in [5.74, 6) is 0.229. The number of nitrogens with zero attached hydrogens (tertiary/aromatic N) is 2. The first-order valence-electron chi connectivity index (χ1n) is 18.6. The SMILES string of the molecule is O=C(O)/N=C(\NCCCc1ccccc1)N1C[C@H](OCc2ccccc2)[C@@H](OCc2ccccc2)[C@H](OCc2ccccc2)[C@H]1COCc1ccccc1. The van der Waals surface area contributed by atoms with Crippen LogP contribution in [0, 0.1) is 0 Å². The van der Waals surface area contributed by atoms with E-state index in [0.717, 1.165) is 35.1 Å². The minimum Gasteiger partial charge on any atom is -0.463 e. The molecule has 0 spiro atoms. The number of amides is 1. The first-order chi connectivity index (χ1) is 26.6. The highest BCUT2D eigenvalue weighted by Crippen LogP contribution is 2.30. The van der Waals surface area contributed by atoms with E-state index in [0.29, 0.717) is 33.0 Å². The zero-order valence-electron chi connectivity index (χ0n) is 30.5. The maximum atomic E-state index is 12.3. The van der Waals surface area contributed by atoms with Gasteiger partial charge in [-0.15, -0.1) is 4.99 Å². The van der Waals surface area contributed by atoms with Crippen molar-refractivity contribution in [3.63, 3.8) is 0 Å². The van der Waals surface area contributed by atoms with Crippen LogP contribution in [-0.2, 0) is 51.8 Å². The predicted molar refractivity (Wildman–Crippen MR) is 210 cm³/mol. The fraction of sp³-hybridized carbons (Fsp3) is 0.289. The van der Waals surface area contributed by atoms with Gasteiger partial charge >= 0.3 is 6.09 Å². The molecular weight excluding hydrogens is 679 g/mol. The Kier molecular flexibility index (Phi) is 14.8. The molecule has 5 aromatic rings. The molecule has 0 bridgehead atoms. The lowest BCUT2D eigenvalue weighted by molar-refractivity contribution is -0.200. The molecule has 0 unspecified atom stereocenters. The molecule has 0 aromatic heterocycles. The molecule has 1 aliphatic heterocycles. The number of carboxylic acid groups (broad SMARTS) is 1. The molecule has 5 aromatic carbocycles. The number of carbonyl (C=O) groups is 1. The second kappa shape index (κ2) is 20.8. The quantitative estimate of drug-likeness (QED) is 0.0567. The fourth-order valence-corrected chi connectivity index (χ4v) is 6.64. The number of benzene rings is 5. The lowest BCUT2D eigenvalue weighted by Gasteiger charge is -2.49. The Morgan fingerprint density at radius 1 is 0.611 bits per heavy atom. The molecule has 1 fully saturated rings. The Labute approximate surface area is 318 Å². The number of likely N-dealkylation sites (tertiary alicyclic amines) is 1. The zero-order chi connectivity index (χ0) is 37.2. The van der Waals surface area contributed by atoms with Crippen LogP contribution in [0.4, 0.5) is 4.79 Å². The molecule has 1 amide bonds. The molecule has 0 aliphatic carbocycles. The molecule has 9 nitrogen and oxygen atoms in total. The minimum atomic E-state index is -1.30. The number of aryl methyl sites for hydroxylation is 1. The third-order valence-corrected chi connectivity index (χ3v) is 9.37. The van der Waals surface area contributed by atoms with Crippen LogP contribution in [0.15, 0.2) is 157 Å². The summed E-state index contributed by atoms with van der Waals surface area (Å²) in [6.07, 6.45) is -1.36. The minimum absolute atomic E-state index is 0.218. The van der Waals surface area contributed by atoms with E-state index in [9.17, 15) is 9.90 Å². The van der Waals surface area contributed by atoms with Gasteiger partial charge in [-0.25, -0.2) is 4.79 Å². The first kappa shape index (κ1) is 38.4. The summed E-state index contributed by atoms with van der Waals surface area (Å²) in [4.78, 5) is 18.4. The van der Waals surface area contributed by atoms with E-state index in [2.05, 4.69) is 22.4 Å². The number of guanidine groups is 1. The predicted octanol–water partition coefficient (Wildman–Crippen LogP) is 7.90. The van der Waals surface area contributed by atoms with E-state index in [1.165, 1.54) is 5.56 Å². The van der Waals surface area contributed by atoms with Crippen LogP contribution in [-0.4, -0.2) is 66.1 Å². The molecule has 1 saturated heterocycles. The van der Waals surface area contributed by atoms with E-state index in [1.54, 1.807) is 0 Å². The van der Waals surface area contributed by atoms with Gasteiger partial charge in [-0.05, 0) is 40.7 Å². The Bertz CT molecular complexity index is 1830. The highest BCUT2D eigenvalue weighted by molar-refractivity contribution is 5.90. The summed E-state index contributed by atoms with van der Waals surface area (Å²) in [5.41, 5.74) is 5.28. The van der Waals surface area contributed by atoms with Crippen molar-refractivity contribution in [1.29, 1.82) is 0 Å². The van der Waals surface area contributed by atoms with Crippen molar-refractivity contribution in [2.45, 2.75) is 63.6 Å². The van der Waals surface area contributed by atoms with Crippen molar-refractivity contribution in [1.82, 2.24) is 10.2 Å². The summed E-state index contributed by atoms with van der Waals surface area (Å²) >= 11 is 0. The van der Waals surface area contributed by atoms with Crippen LogP contribution in [0.1, 0.15) is 34.2 Å². The standard InChI is InChI=1S/C45H49N3O6/c49-45(50)47-44(46-28-16-27-35-17-6-1-7-18-35)48-29-41(52-31-37-21-10-3-11-22-37)43(54-33-39-25-14-5-15-26-39)42(53-32-38-23-12-4-13-24-38)40(48)34-51-30-36-19-8-2-9-20-36/h1-15,17-26,40-43H,16,27-34H2,(H,46,47)(H,49,50)/t40-,41+,42-,43-/m1/s1. The van der Waals surface area contributed by atoms with E-state index >= 15 is 0 Å². The van der Waals surface area contributed by atoms with Gasteiger partial charge < -0.3 is 34.3 Å². The van der Waals surface area contributed by atoms with Gasteiger partial charge in [0.2, 0.25) is 5.96 Å². The normalized spacial score (nSPS) is 18.7. The Morgan fingerprint density at radius 3 is 1.56 bits per heavy atom. The molecule has 2 N–H and O–H groups in total. The Morgan fingerprint density at radius 2 is 1.06 bits per heavy atom. The van der Waals surface area contributed by atoms with Gasteiger partial charge in [0.1, 0.15) is 18.3 Å². The van der Waals surface area contributed by atoms with Crippen molar-refractivity contribution >= 4 is 12.1 Å². The maximum absolute atomic E-state index is 12.3. The molecule has 54 heavy (non-hydrogen) atoms. The maximum Gasteiger partial charge on any atom is 0.434 e. The van der Waals surface area contributed by atoms with Crippen LogP contribution in [0.3, 0.4) is 0 Å². The van der Waals surface area contributed by atoms with Gasteiger partial charge in [0.05, 0.1) is 45.6 Å². The summed E-state index contributed by atoms with van der Waals surface area (Å²) in [6.45, 7) is 2.36. The Hall–Kier alpha value is -5.32. The van der Waals surface area contributed by atoms with Crippen LogP contribution < -0.4 is 5.32 Å². The smallest absolute Gasteiger partial charge is 0.434 e. The largest absolute Gasteiger partial charge is 0.463 e. The molecule has 1 aliphatic rings. The van der Waals surface area contributed by atoms with Crippen LogP contribution in [0.5, 0.6) is 0 Å². The number of rotatable bonds is 17.